The van der Waals surface area contributed by atoms with E-state index < -0.39 is 0 Å². The topological polar surface area (TPSA) is 40.2 Å². The Labute approximate surface area is 274 Å². The number of hydrogen-bond acceptors (Lipinski definition) is 5. The number of halogens is 1. The highest BCUT2D eigenvalue weighted by Crippen LogP contribution is 2.54. The van der Waals surface area contributed by atoms with E-state index in [-0.39, 0.29) is 10.8 Å². The van der Waals surface area contributed by atoms with Gasteiger partial charge >= 0.3 is 0 Å². The zero-order valence-electron chi connectivity index (χ0n) is 28.6. The molecule has 0 saturated heterocycles. The van der Waals surface area contributed by atoms with Crippen LogP contribution in [0.3, 0.4) is 0 Å². The number of likely N-dealkylation sites (N-methyl/N-ethyl adjacent to an activating group) is 1. The van der Waals surface area contributed by atoms with Gasteiger partial charge in [0, 0.05) is 45.8 Å². The Morgan fingerprint density at radius 1 is 0.778 bits per heavy atom. The molecule has 0 aromatic heterocycles. The molecular weight excluding hydrogens is 582 g/mol. The first kappa shape index (κ1) is 32.8. The maximum absolute atomic E-state index is 7.18. The van der Waals surface area contributed by atoms with E-state index in [4.69, 9.17) is 30.5 Å². The third-order valence-electron chi connectivity index (χ3n) is 9.90. The van der Waals surface area contributed by atoms with Crippen molar-refractivity contribution in [1.82, 2.24) is 0 Å². The average molecular weight is 630 g/mol. The van der Waals surface area contributed by atoms with Crippen LogP contribution in [-0.4, -0.2) is 35.0 Å². The first-order valence-corrected chi connectivity index (χ1v) is 16.4. The molecule has 0 N–H and O–H groups in total. The lowest BCUT2D eigenvalue weighted by Gasteiger charge is -2.26. The Kier molecular flexibility index (Phi) is 9.24. The summed E-state index contributed by atoms with van der Waals surface area (Å²) < 4.78 is 22.9. The van der Waals surface area contributed by atoms with Crippen molar-refractivity contribution in [2.45, 2.75) is 78.1 Å². The third kappa shape index (κ3) is 5.48. The molecule has 0 fully saturated rings. The van der Waals surface area contributed by atoms with Gasteiger partial charge in [0.15, 0.2) is 0 Å². The zero-order chi connectivity index (χ0) is 32.7. The normalized spacial score (nSPS) is 20.4. The molecule has 45 heavy (non-hydrogen) atoms. The molecule has 5 rings (SSSR count). The van der Waals surface area contributed by atoms with Crippen LogP contribution in [0, 0.1) is 0 Å². The molecule has 0 atom stereocenters. The molecular formula is C39H48ClNO4. The Bertz CT molecular complexity index is 1650. The first-order valence-electron chi connectivity index (χ1n) is 16.0. The van der Waals surface area contributed by atoms with E-state index in [0.717, 1.165) is 65.9 Å². The summed E-state index contributed by atoms with van der Waals surface area (Å²) in [6, 6.07) is 8.25. The first-order chi connectivity index (χ1) is 21.5. The molecule has 0 unspecified atom stereocenters. The van der Waals surface area contributed by atoms with Crippen molar-refractivity contribution < 1.29 is 18.9 Å². The van der Waals surface area contributed by atoms with E-state index in [1.807, 2.05) is 12.1 Å². The lowest BCUT2D eigenvalue weighted by Crippen LogP contribution is -2.25. The Hall–Kier alpha value is -3.57. The third-order valence-corrected chi connectivity index (χ3v) is 10.4. The average Bonchev–Trinajstić information content (AvgIpc) is 3.40. The van der Waals surface area contributed by atoms with Crippen molar-refractivity contribution in [3.8, 4) is 23.0 Å². The summed E-state index contributed by atoms with van der Waals surface area (Å²) in [6.07, 6.45) is 12.9. The number of allylic oxidation sites excluding steroid dienone is 10. The Morgan fingerprint density at radius 2 is 1.42 bits per heavy atom. The van der Waals surface area contributed by atoms with Crippen LogP contribution in [0.25, 0.3) is 5.57 Å². The zero-order valence-corrected chi connectivity index (χ0v) is 29.4. The van der Waals surface area contributed by atoms with Gasteiger partial charge in [-0.3, -0.25) is 0 Å². The molecule has 2 aliphatic carbocycles. The summed E-state index contributed by atoms with van der Waals surface area (Å²) in [6.45, 7) is 14.3. The maximum atomic E-state index is 7.18. The number of fused-ring (bicyclic) bond motifs is 2. The number of hydrogen-bond donors (Lipinski definition) is 0. The molecule has 2 aromatic rings. The van der Waals surface area contributed by atoms with E-state index in [1.54, 1.807) is 28.4 Å². The van der Waals surface area contributed by atoms with E-state index >= 15 is 0 Å². The quantitative estimate of drug-likeness (QED) is 0.276. The molecule has 0 bridgehead atoms. The molecule has 5 nitrogen and oxygen atoms in total. The van der Waals surface area contributed by atoms with Gasteiger partial charge in [-0.25, -0.2) is 0 Å². The van der Waals surface area contributed by atoms with Crippen molar-refractivity contribution in [3.63, 3.8) is 0 Å². The molecule has 0 amide bonds. The van der Waals surface area contributed by atoms with Crippen LogP contribution < -0.4 is 23.8 Å². The fourth-order valence-corrected chi connectivity index (χ4v) is 7.73. The SMILES string of the molecule is CCC1=C(/C=C/C2=C(Cl)C(=C/C=C3\N(CC)c4c(OC)cc(OC)cc4C3(C)C)CCC2)C(C)(C)c2cc(OC)cc(OC)c21. The molecule has 2 aromatic carbocycles. The predicted octanol–water partition coefficient (Wildman–Crippen LogP) is 10.0. The van der Waals surface area contributed by atoms with E-state index in [9.17, 15) is 0 Å². The van der Waals surface area contributed by atoms with Crippen molar-refractivity contribution >= 4 is 22.9 Å². The molecule has 3 aliphatic rings. The van der Waals surface area contributed by atoms with Crippen LogP contribution in [0.2, 0.25) is 0 Å². The summed E-state index contributed by atoms with van der Waals surface area (Å²) in [5.41, 5.74) is 10.5. The van der Waals surface area contributed by atoms with Gasteiger partial charge < -0.3 is 23.8 Å². The number of ether oxygens (including phenoxy) is 4. The second kappa shape index (κ2) is 12.7. The Morgan fingerprint density at radius 3 is 2.02 bits per heavy atom. The summed E-state index contributed by atoms with van der Waals surface area (Å²) >= 11 is 7.18. The van der Waals surface area contributed by atoms with Crippen molar-refractivity contribution in [2.24, 2.45) is 0 Å². The van der Waals surface area contributed by atoms with Crippen LogP contribution in [0.1, 0.15) is 83.9 Å². The number of nitrogens with zero attached hydrogens (tertiary/aromatic N) is 1. The second-order valence-corrected chi connectivity index (χ2v) is 13.4. The van der Waals surface area contributed by atoms with Crippen molar-refractivity contribution in [1.29, 1.82) is 0 Å². The van der Waals surface area contributed by atoms with E-state index in [1.165, 1.54) is 44.7 Å². The number of methoxy groups -OCH3 is 4. The van der Waals surface area contributed by atoms with E-state index in [0.29, 0.717) is 0 Å². The molecule has 1 aliphatic heterocycles. The van der Waals surface area contributed by atoms with Crippen LogP contribution in [0.5, 0.6) is 23.0 Å². The lowest BCUT2D eigenvalue weighted by atomic mass is 9.80. The minimum Gasteiger partial charge on any atom is -0.497 e. The standard InChI is InChI=1S/C39H48ClNO4/c1-11-28-29(38(3,4)30-20-26(42-7)22-32(44-9)35(28)30)18-16-24-14-13-15-25(36(24)40)17-19-34-39(5,6)31-21-27(43-8)23-33(45-10)37(31)41(34)12-2/h16-23H,11-15H2,1-10H3/b18-16+,25-17?,34-19-. The summed E-state index contributed by atoms with van der Waals surface area (Å²) in [5, 5.41) is 0.858. The minimum absolute atomic E-state index is 0.194. The number of rotatable bonds is 9. The highest BCUT2D eigenvalue weighted by molar-refractivity contribution is 6.32. The van der Waals surface area contributed by atoms with Gasteiger partial charge in [-0.1, -0.05) is 64.4 Å². The van der Waals surface area contributed by atoms with Gasteiger partial charge in [-0.15, -0.1) is 0 Å². The van der Waals surface area contributed by atoms with Crippen LogP contribution in [-0.2, 0) is 10.8 Å². The lowest BCUT2D eigenvalue weighted by molar-refractivity contribution is 0.391. The monoisotopic (exact) mass is 629 g/mol. The highest BCUT2D eigenvalue weighted by atomic mass is 35.5. The predicted molar refractivity (Wildman–Crippen MR) is 187 cm³/mol. The minimum atomic E-state index is -0.229. The molecule has 240 valence electrons. The van der Waals surface area contributed by atoms with Gasteiger partial charge in [0.1, 0.15) is 23.0 Å². The fraction of sp³-hybridized carbons (Fsp3) is 0.436. The summed E-state index contributed by atoms with van der Waals surface area (Å²) in [7, 11) is 6.86. The van der Waals surface area contributed by atoms with Crippen LogP contribution in [0.4, 0.5) is 5.69 Å². The van der Waals surface area contributed by atoms with Crippen molar-refractivity contribution in [3.05, 3.63) is 92.7 Å². The molecule has 0 saturated carbocycles. The van der Waals surface area contributed by atoms with Gasteiger partial charge in [0.05, 0.1) is 34.1 Å². The summed E-state index contributed by atoms with van der Waals surface area (Å²) in [4.78, 5) is 2.35. The second-order valence-electron chi connectivity index (χ2n) is 13.0. The van der Waals surface area contributed by atoms with Crippen molar-refractivity contribution in [2.75, 3.05) is 39.9 Å². The Balaban J connectivity index is 1.52. The molecule has 0 radical (unpaired) electrons. The largest absolute Gasteiger partial charge is 0.497 e. The number of anilines is 1. The summed E-state index contributed by atoms with van der Waals surface area (Å²) in [5.74, 6) is 3.30. The van der Waals surface area contributed by atoms with Gasteiger partial charge in [0.2, 0.25) is 0 Å². The highest BCUT2D eigenvalue weighted by Gasteiger charge is 2.42. The van der Waals surface area contributed by atoms with Gasteiger partial charge in [-0.2, -0.15) is 0 Å². The molecule has 6 heteroatoms. The smallest absolute Gasteiger partial charge is 0.146 e. The van der Waals surface area contributed by atoms with E-state index in [2.05, 4.69) is 82.9 Å². The maximum Gasteiger partial charge on any atom is 0.146 e. The fourth-order valence-electron chi connectivity index (χ4n) is 7.41. The van der Waals surface area contributed by atoms with Crippen LogP contribution in [0.15, 0.2) is 76.0 Å². The van der Waals surface area contributed by atoms with Crippen LogP contribution >= 0.6 is 11.6 Å². The molecule has 1 heterocycles. The van der Waals surface area contributed by atoms with Gasteiger partial charge in [0.25, 0.3) is 0 Å². The number of benzene rings is 2. The molecule has 0 spiro atoms. The van der Waals surface area contributed by atoms with Gasteiger partial charge in [-0.05, 0) is 84.2 Å².